The van der Waals surface area contributed by atoms with Gasteiger partial charge in [0.1, 0.15) is 0 Å². The minimum atomic E-state index is -0.597. The number of hydrogen-bond donors (Lipinski definition) is 0. The standard InChI is InChI=1S/C28H30N2O3/c1-18-26-13-8-15-29-16-14-27(25(26)29)20-11-6-7-12-22(20)30(23(31)19-9-4-3-5-10-19)28(18,27)21(17-26)24(32)33-2/h3-7,9-12,18,21,25H,8,13-17H2,1-2H3/t18-,21?,25+,26?,27?,28?/m1/s1. The van der Waals surface area contributed by atoms with Crippen LogP contribution in [-0.4, -0.2) is 48.6 Å². The Kier molecular flexibility index (Phi) is 3.75. The van der Waals surface area contributed by atoms with Crippen molar-refractivity contribution in [2.24, 2.45) is 17.3 Å². The molecule has 2 saturated carbocycles. The minimum absolute atomic E-state index is 0.00910. The fourth-order valence-corrected chi connectivity index (χ4v) is 9.66. The van der Waals surface area contributed by atoms with Gasteiger partial charge in [-0.1, -0.05) is 43.3 Å². The molecule has 2 aromatic carbocycles. The third-order valence-corrected chi connectivity index (χ3v) is 10.3. The van der Waals surface area contributed by atoms with Gasteiger partial charge in [-0.2, -0.15) is 0 Å². The molecule has 5 heteroatoms. The SMILES string of the molecule is COC(=O)C1CC23CCCN4CCC5(c6ccccc6N(C(=O)c6ccccc6)C15[C@@H]2C)[C@@H]43. The molecule has 2 aliphatic carbocycles. The summed E-state index contributed by atoms with van der Waals surface area (Å²) in [5, 5.41) is 0. The highest BCUT2D eigenvalue weighted by atomic mass is 16.5. The lowest BCUT2D eigenvalue weighted by Crippen LogP contribution is -2.67. The number of para-hydroxylation sites is 1. The molecule has 4 fully saturated rings. The van der Waals surface area contributed by atoms with E-state index in [-0.39, 0.29) is 34.5 Å². The van der Waals surface area contributed by atoms with E-state index in [2.05, 4.69) is 34.9 Å². The summed E-state index contributed by atoms with van der Waals surface area (Å²) in [6, 6.07) is 18.5. The van der Waals surface area contributed by atoms with Gasteiger partial charge in [-0.3, -0.25) is 19.4 Å². The number of anilines is 1. The van der Waals surface area contributed by atoms with Crippen molar-refractivity contribution in [2.75, 3.05) is 25.1 Å². The van der Waals surface area contributed by atoms with Crippen molar-refractivity contribution >= 4 is 17.6 Å². The van der Waals surface area contributed by atoms with Crippen molar-refractivity contribution in [3.05, 3.63) is 65.7 Å². The molecule has 2 saturated heterocycles. The second kappa shape index (κ2) is 6.26. The van der Waals surface area contributed by atoms with Crippen LogP contribution < -0.4 is 4.90 Å². The number of amides is 1. The molecule has 0 aromatic heterocycles. The molecule has 2 aromatic rings. The number of methoxy groups -OCH3 is 1. The summed E-state index contributed by atoms with van der Waals surface area (Å²) in [6.45, 7) is 4.49. The van der Waals surface area contributed by atoms with E-state index in [1.807, 2.05) is 36.4 Å². The van der Waals surface area contributed by atoms with Crippen LogP contribution in [0.5, 0.6) is 0 Å². The fourth-order valence-electron chi connectivity index (χ4n) is 9.66. The number of esters is 1. The first kappa shape index (κ1) is 19.8. The van der Waals surface area contributed by atoms with Crippen LogP contribution in [0.25, 0.3) is 0 Å². The third-order valence-electron chi connectivity index (χ3n) is 10.3. The summed E-state index contributed by atoms with van der Waals surface area (Å²) < 4.78 is 5.46. The molecule has 3 aliphatic heterocycles. The van der Waals surface area contributed by atoms with E-state index in [0.29, 0.717) is 11.6 Å². The van der Waals surface area contributed by atoms with Crippen LogP contribution in [-0.2, 0) is 14.9 Å². The molecule has 1 amide bonds. The van der Waals surface area contributed by atoms with Gasteiger partial charge >= 0.3 is 5.97 Å². The summed E-state index contributed by atoms with van der Waals surface area (Å²) >= 11 is 0. The summed E-state index contributed by atoms with van der Waals surface area (Å²) in [4.78, 5) is 32.7. The number of carbonyl (C=O) groups excluding carboxylic acids is 2. The Labute approximate surface area is 194 Å². The van der Waals surface area contributed by atoms with Crippen molar-refractivity contribution in [1.29, 1.82) is 0 Å². The summed E-state index contributed by atoms with van der Waals surface area (Å²) in [5.74, 6) is -0.247. The number of piperidine rings is 1. The quantitative estimate of drug-likeness (QED) is 0.660. The number of benzene rings is 2. The molecule has 5 aliphatic rings. The Balaban J connectivity index is 1.56. The van der Waals surface area contributed by atoms with Gasteiger partial charge in [0.2, 0.25) is 0 Å². The van der Waals surface area contributed by atoms with E-state index in [1.54, 1.807) is 0 Å². The van der Waals surface area contributed by atoms with Gasteiger partial charge in [-0.25, -0.2) is 0 Å². The highest BCUT2D eigenvalue weighted by molar-refractivity contribution is 6.10. The van der Waals surface area contributed by atoms with Crippen LogP contribution in [0.15, 0.2) is 54.6 Å². The molecular formula is C28H30N2O3. The minimum Gasteiger partial charge on any atom is -0.469 e. The van der Waals surface area contributed by atoms with E-state index >= 15 is 0 Å². The molecule has 3 spiro atoms. The van der Waals surface area contributed by atoms with Crippen molar-refractivity contribution < 1.29 is 14.3 Å². The van der Waals surface area contributed by atoms with Crippen LogP contribution in [0, 0.1) is 17.3 Å². The van der Waals surface area contributed by atoms with E-state index in [1.165, 1.54) is 12.7 Å². The molecule has 4 unspecified atom stereocenters. The first-order valence-corrected chi connectivity index (χ1v) is 12.3. The zero-order chi connectivity index (χ0) is 22.6. The molecule has 2 bridgehead atoms. The van der Waals surface area contributed by atoms with Gasteiger partial charge in [-0.15, -0.1) is 0 Å². The van der Waals surface area contributed by atoms with Gasteiger partial charge < -0.3 is 4.74 Å². The average molecular weight is 443 g/mol. The predicted octanol–water partition coefficient (Wildman–Crippen LogP) is 4.02. The van der Waals surface area contributed by atoms with Crippen molar-refractivity contribution in [3.63, 3.8) is 0 Å². The second-order valence-corrected chi connectivity index (χ2v) is 10.8. The lowest BCUT2D eigenvalue weighted by Gasteiger charge is -2.53. The van der Waals surface area contributed by atoms with Gasteiger partial charge in [0.05, 0.1) is 18.6 Å². The molecule has 170 valence electrons. The van der Waals surface area contributed by atoms with Gasteiger partial charge in [0.25, 0.3) is 5.91 Å². The molecular weight excluding hydrogens is 412 g/mol. The Morgan fingerprint density at radius 3 is 2.55 bits per heavy atom. The highest BCUT2D eigenvalue weighted by Gasteiger charge is 2.88. The number of rotatable bonds is 2. The molecule has 0 N–H and O–H groups in total. The zero-order valence-corrected chi connectivity index (χ0v) is 19.3. The number of ether oxygens (including phenoxy) is 1. The summed E-state index contributed by atoms with van der Waals surface area (Å²) in [6.07, 6.45) is 4.10. The molecule has 0 radical (unpaired) electrons. The van der Waals surface area contributed by atoms with Crippen molar-refractivity contribution in [1.82, 2.24) is 4.90 Å². The van der Waals surface area contributed by atoms with E-state index in [9.17, 15) is 9.59 Å². The monoisotopic (exact) mass is 442 g/mol. The highest BCUT2D eigenvalue weighted by Crippen LogP contribution is 2.81. The van der Waals surface area contributed by atoms with Crippen LogP contribution in [0.3, 0.4) is 0 Å². The van der Waals surface area contributed by atoms with Crippen LogP contribution in [0.1, 0.15) is 48.5 Å². The maximum atomic E-state index is 14.4. The Hall–Kier alpha value is -2.66. The lowest BCUT2D eigenvalue weighted by molar-refractivity contribution is -0.150. The van der Waals surface area contributed by atoms with Crippen LogP contribution >= 0.6 is 0 Å². The summed E-state index contributed by atoms with van der Waals surface area (Å²) in [5.41, 5.74) is 2.16. The van der Waals surface area contributed by atoms with E-state index in [0.717, 1.165) is 44.5 Å². The molecule has 6 atom stereocenters. The normalized spacial score (nSPS) is 39.8. The first-order chi connectivity index (χ1) is 16.0. The van der Waals surface area contributed by atoms with Gasteiger partial charge in [0, 0.05) is 22.7 Å². The van der Waals surface area contributed by atoms with Gasteiger partial charge in [-0.05, 0) is 73.9 Å². The Morgan fingerprint density at radius 1 is 1.00 bits per heavy atom. The Morgan fingerprint density at radius 2 is 1.76 bits per heavy atom. The van der Waals surface area contributed by atoms with E-state index in [4.69, 9.17) is 4.74 Å². The van der Waals surface area contributed by atoms with Crippen molar-refractivity contribution in [2.45, 2.75) is 49.6 Å². The van der Waals surface area contributed by atoms with Crippen LogP contribution in [0.2, 0.25) is 0 Å². The second-order valence-electron chi connectivity index (χ2n) is 10.8. The maximum Gasteiger partial charge on any atom is 0.311 e. The molecule has 5 nitrogen and oxygen atoms in total. The Bertz CT molecular complexity index is 1180. The smallest absolute Gasteiger partial charge is 0.311 e. The summed E-state index contributed by atoms with van der Waals surface area (Å²) in [7, 11) is 1.50. The predicted molar refractivity (Wildman–Crippen MR) is 125 cm³/mol. The first-order valence-electron chi connectivity index (χ1n) is 12.3. The molecule has 33 heavy (non-hydrogen) atoms. The fraction of sp³-hybridized carbons (Fsp3) is 0.500. The number of carbonyl (C=O) groups is 2. The zero-order valence-electron chi connectivity index (χ0n) is 19.3. The number of hydrogen-bond acceptors (Lipinski definition) is 4. The topological polar surface area (TPSA) is 49.9 Å². The third kappa shape index (κ3) is 1.90. The largest absolute Gasteiger partial charge is 0.469 e. The molecule has 3 heterocycles. The molecule has 7 rings (SSSR count). The number of fused-ring (bicyclic) bond motifs is 1. The van der Waals surface area contributed by atoms with Gasteiger partial charge in [0.15, 0.2) is 0 Å². The lowest BCUT2D eigenvalue weighted by atomic mass is 9.56. The maximum absolute atomic E-state index is 14.4. The van der Waals surface area contributed by atoms with Crippen LogP contribution in [0.4, 0.5) is 5.69 Å². The number of nitrogens with zero attached hydrogens (tertiary/aromatic N) is 2. The average Bonchev–Trinajstić information content (AvgIpc) is 3.51. The van der Waals surface area contributed by atoms with Crippen molar-refractivity contribution in [3.8, 4) is 0 Å². The van der Waals surface area contributed by atoms with E-state index < -0.39 is 5.54 Å².